The largest absolute Gasteiger partial charge is 0.453 e. The molecule has 3 rings (SSSR count). The number of carbonyl (C=O) groups is 1. The van der Waals surface area contributed by atoms with Gasteiger partial charge in [-0.05, 0) is 56.2 Å². The summed E-state index contributed by atoms with van der Waals surface area (Å²) in [4.78, 5) is 20.5. The number of nitrogens with zero attached hydrogens (tertiary/aromatic N) is 3. The first-order valence-electron chi connectivity index (χ1n) is 11.5. The zero-order chi connectivity index (χ0) is 22.1. The number of aliphatic hydroxyl groups excluding tert-OH is 1. The Morgan fingerprint density at radius 1 is 1.13 bits per heavy atom. The Hall–Kier alpha value is -2.48. The molecule has 0 aromatic heterocycles. The highest BCUT2D eigenvalue weighted by atomic mass is 16.5. The normalized spacial score (nSPS) is 18.7. The van der Waals surface area contributed by atoms with Crippen LogP contribution in [-0.4, -0.2) is 74.5 Å². The third kappa shape index (κ3) is 6.75. The lowest BCUT2D eigenvalue weighted by molar-refractivity contribution is 0.111. The van der Waals surface area contributed by atoms with Crippen LogP contribution in [0.1, 0.15) is 38.2 Å². The first kappa shape index (κ1) is 23.2. The van der Waals surface area contributed by atoms with Crippen LogP contribution in [0.2, 0.25) is 0 Å². The number of hydrogen-bond acceptors (Lipinski definition) is 5. The molecule has 0 saturated carbocycles. The van der Waals surface area contributed by atoms with Crippen LogP contribution in [0.4, 0.5) is 10.5 Å². The molecule has 0 spiro atoms. The average Bonchev–Trinajstić information content (AvgIpc) is 2.83. The number of rotatable bonds is 6. The minimum Gasteiger partial charge on any atom is -0.453 e. The van der Waals surface area contributed by atoms with Gasteiger partial charge in [-0.15, -0.1) is 0 Å². The maximum atomic E-state index is 11.6. The average molecular weight is 432 g/mol. The van der Waals surface area contributed by atoms with E-state index in [0.29, 0.717) is 38.2 Å². The van der Waals surface area contributed by atoms with Crippen LogP contribution in [0.25, 0.3) is 0 Å². The molecule has 0 atom stereocenters. The molecular weight excluding hydrogens is 394 g/mol. The number of likely N-dealkylation sites (tertiary alicyclic amines) is 1. The Morgan fingerprint density at radius 3 is 2.39 bits per heavy atom. The number of piperidine rings is 2. The van der Waals surface area contributed by atoms with Gasteiger partial charge in [0.2, 0.25) is 0 Å². The van der Waals surface area contributed by atoms with Crippen LogP contribution in [-0.2, 0) is 11.3 Å². The number of benzene rings is 1. The Morgan fingerprint density at radius 2 is 1.81 bits per heavy atom. The van der Waals surface area contributed by atoms with Gasteiger partial charge in [0.25, 0.3) is 0 Å². The number of nitrogens with one attached hydrogen (secondary N) is 2. The van der Waals surface area contributed by atoms with Crippen molar-refractivity contribution in [2.75, 3.05) is 51.3 Å². The zero-order valence-corrected chi connectivity index (χ0v) is 18.8. The van der Waals surface area contributed by atoms with Crippen LogP contribution in [0, 0.1) is 5.92 Å². The SMILES string of the molecule is CCNC(=NCc1ccc(N2CCC(CO)CC2)cc1)NC1CCN(C(=O)OC)CC1. The van der Waals surface area contributed by atoms with E-state index in [0.717, 1.165) is 51.3 Å². The van der Waals surface area contributed by atoms with Gasteiger partial charge in [0.05, 0.1) is 13.7 Å². The first-order valence-corrected chi connectivity index (χ1v) is 11.5. The predicted octanol–water partition coefficient (Wildman–Crippen LogP) is 2.18. The number of amides is 1. The molecule has 8 heteroatoms. The summed E-state index contributed by atoms with van der Waals surface area (Å²) in [6.45, 7) is 7.18. The van der Waals surface area contributed by atoms with E-state index in [1.807, 2.05) is 0 Å². The molecule has 0 aliphatic carbocycles. The van der Waals surface area contributed by atoms with Gasteiger partial charge in [0.1, 0.15) is 0 Å². The van der Waals surface area contributed by atoms with Crippen molar-refractivity contribution in [3.8, 4) is 0 Å². The number of methoxy groups -OCH3 is 1. The molecule has 1 aromatic rings. The van der Waals surface area contributed by atoms with Crippen molar-refractivity contribution in [1.82, 2.24) is 15.5 Å². The highest BCUT2D eigenvalue weighted by Crippen LogP contribution is 2.23. The number of aliphatic hydroxyl groups is 1. The van der Waals surface area contributed by atoms with Gasteiger partial charge in [-0.3, -0.25) is 0 Å². The van der Waals surface area contributed by atoms with Gasteiger partial charge in [-0.1, -0.05) is 12.1 Å². The molecule has 0 unspecified atom stereocenters. The maximum Gasteiger partial charge on any atom is 0.409 e. The minimum atomic E-state index is -0.250. The summed E-state index contributed by atoms with van der Waals surface area (Å²) in [5.74, 6) is 1.27. The van der Waals surface area contributed by atoms with Crippen molar-refractivity contribution in [2.45, 2.75) is 45.2 Å². The topological polar surface area (TPSA) is 89.4 Å². The molecule has 2 heterocycles. The third-order valence-electron chi connectivity index (χ3n) is 6.21. The van der Waals surface area contributed by atoms with Crippen LogP contribution in [0.3, 0.4) is 0 Å². The fourth-order valence-electron chi connectivity index (χ4n) is 4.21. The molecule has 1 amide bonds. The smallest absolute Gasteiger partial charge is 0.409 e. The van der Waals surface area contributed by atoms with E-state index in [9.17, 15) is 9.90 Å². The fourth-order valence-corrected chi connectivity index (χ4v) is 4.21. The molecule has 2 aliphatic rings. The van der Waals surface area contributed by atoms with E-state index in [1.54, 1.807) is 4.90 Å². The fraction of sp³-hybridized carbons (Fsp3) is 0.652. The summed E-state index contributed by atoms with van der Waals surface area (Å²) in [5, 5.41) is 16.1. The van der Waals surface area contributed by atoms with Gasteiger partial charge in [0.15, 0.2) is 5.96 Å². The molecule has 172 valence electrons. The van der Waals surface area contributed by atoms with Crippen molar-refractivity contribution in [1.29, 1.82) is 0 Å². The zero-order valence-electron chi connectivity index (χ0n) is 18.8. The third-order valence-corrected chi connectivity index (χ3v) is 6.21. The molecule has 2 aliphatic heterocycles. The number of guanidine groups is 1. The molecule has 3 N–H and O–H groups in total. The van der Waals surface area contributed by atoms with Crippen molar-refractivity contribution in [3.05, 3.63) is 29.8 Å². The van der Waals surface area contributed by atoms with Crippen LogP contribution < -0.4 is 15.5 Å². The number of carbonyl (C=O) groups excluding carboxylic acids is 1. The summed E-state index contributed by atoms with van der Waals surface area (Å²) in [6, 6.07) is 8.94. The molecule has 2 fully saturated rings. The Bertz CT molecular complexity index is 708. The van der Waals surface area contributed by atoms with E-state index >= 15 is 0 Å². The summed E-state index contributed by atoms with van der Waals surface area (Å²) < 4.78 is 4.81. The first-order chi connectivity index (χ1) is 15.1. The highest BCUT2D eigenvalue weighted by Gasteiger charge is 2.23. The van der Waals surface area contributed by atoms with Crippen molar-refractivity contribution >= 4 is 17.7 Å². The van der Waals surface area contributed by atoms with Crippen LogP contribution >= 0.6 is 0 Å². The van der Waals surface area contributed by atoms with Gasteiger partial charge in [-0.25, -0.2) is 9.79 Å². The van der Waals surface area contributed by atoms with Crippen molar-refractivity contribution in [2.24, 2.45) is 10.9 Å². The van der Waals surface area contributed by atoms with E-state index in [4.69, 9.17) is 9.73 Å². The minimum absolute atomic E-state index is 0.250. The second-order valence-electron chi connectivity index (χ2n) is 8.35. The number of anilines is 1. The highest BCUT2D eigenvalue weighted by molar-refractivity contribution is 5.80. The van der Waals surface area contributed by atoms with Crippen LogP contribution in [0.15, 0.2) is 29.3 Å². The summed E-state index contributed by atoms with van der Waals surface area (Å²) in [7, 11) is 1.42. The van der Waals surface area contributed by atoms with E-state index in [2.05, 4.69) is 46.7 Å². The quantitative estimate of drug-likeness (QED) is 0.473. The van der Waals surface area contributed by atoms with Crippen molar-refractivity contribution in [3.63, 3.8) is 0 Å². The van der Waals surface area contributed by atoms with E-state index in [-0.39, 0.29) is 6.09 Å². The number of aliphatic imine (C=N–C) groups is 1. The molecule has 8 nitrogen and oxygen atoms in total. The monoisotopic (exact) mass is 431 g/mol. The second kappa shape index (κ2) is 11.8. The lowest BCUT2D eigenvalue weighted by Gasteiger charge is -2.33. The Labute approximate surface area is 185 Å². The Balaban J connectivity index is 1.50. The van der Waals surface area contributed by atoms with Gasteiger partial charge in [0, 0.05) is 51.1 Å². The molecule has 2 saturated heterocycles. The standard InChI is InChI=1S/C23H37N5O3/c1-3-24-22(26-20-10-14-28(15-11-20)23(30)31-2)25-16-18-4-6-21(7-5-18)27-12-8-19(17-29)9-13-27/h4-7,19-20,29H,3,8-17H2,1-2H3,(H2,24,25,26). The molecule has 1 aromatic carbocycles. The van der Waals surface area contributed by atoms with E-state index in [1.165, 1.54) is 18.4 Å². The maximum absolute atomic E-state index is 11.6. The van der Waals surface area contributed by atoms with Crippen molar-refractivity contribution < 1.29 is 14.6 Å². The lowest BCUT2D eigenvalue weighted by atomic mass is 9.97. The molecule has 0 bridgehead atoms. The Kier molecular flexibility index (Phi) is 8.82. The lowest BCUT2D eigenvalue weighted by Crippen LogP contribution is -2.49. The predicted molar refractivity (Wildman–Crippen MR) is 123 cm³/mol. The second-order valence-corrected chi connectivity index (χ2v) is 8.35. The number of hydrogen-bond donors (Lipinski definition) is 3. The summed E-state index contributed by atoms with van der Waals surface area (Å²) >= 11 is 0. The molecule has 31 heavy (non-hydrogen) atoms. The van der Waals surface area contributed by atoms with Gasteiger partial charge in [-0.2, -0.15) is 0 Å². The van der Waals surface area contributed by atoms with Gasteiger partial charge < -0.3 is 30.3 Å². The molecular formula is C23H37N5O3. The number of ether oxygens (including phenoxy) is 1. The van der Waals surface area contributed by atoms with Gasteiger partial charge >= 0.3 is 6.09 Å². The van der Waals surface area contributed by atoms with E-state index < -0.39 is 0 Å². The summed E-state index contributed by atoms with van der Waals surface area (Å²) in [5.41, 5.74) is 2.42. The summed E-state index contributed by atoms with van der Waals surface area (Å²) in [6.07, 6.45) is 3.61. The molecule has 0 radical (unpaired) electrons. The van der Waals surface area contributed by atoms with Crippen LogP contribution in [0.5, 0.6) is 0 Å².